The van der Waals surface area contributed by atoms with Gasteiger partial charge in [-0.25, -0.2) is 0 Å². The largest absolute Gasteiger partial charge is 0.481 e. The molecule has 1 aliphatic heterocycles. The van der Waals surface area contributed by atoms with Crippen LogP contribution in [0.15, 0.2) is 0 Å². The molecular weight excluding hydrogens is 246 g/mol. The van der Waals surface area contributed by atoms with Crippen LogP contribution in [-0.4, -0.2) is 36.2 Å². The molecule has 3 unspecified atom stereocenters. The summed E-state index contributed by atoms with van der Waals surface area (Å²) in [7, 11) is 0. The van der Waals surface area contributed by atoms with Gasteiger partial charge < -0.3 is 15.2 Å². The van der Waals surface area contributed by atoms with E-state index >= 15 is 0 Å². The van der Waals surface area contributed by atoms with Gasteiger partial charge in [0.25, 0.3) is 0 Å². The Kier molecular flexibility index (Phi) is 4.80. The van der Waals surface area contributed by atoms with Gasteiger partial charge in [0, 0.05) is 19.3 Å². The topological polar surface area (TPSA) is 75.6 Å². The molecular formula is C14H23NO4. The first kappa shape index (κ1) is 14.3. The molecule has 2 N–H and O–H groups in total. The minimum atomic E-state index is -0.830. The van der Waals surface area contributed by atoms with Crippen LogP contribution in [0.4, 0.5) is 0 Å². The summed E-state index contributed by atoms with van der Waals surface area (Å²) in [5.74, 6) is -1.40. The highest BCUT2D eigenvalue weighted by molar-refractivity contribution is 5.85. The van der Waals surface area contributed by atoms with E-state index in [1.54, 1.807) is 0 Å². The van der Waals surface area contributed by atoms with E-state index in [2.05, 4.69) is 12.2 Å². The fourth-order valence-electron chi connectivity index (χ4n) is 3.19. The molecule has 5 heteroatoms. The van der Waals surface area contributed by atoms with Crippen molar-refractivity contribution in [2.24, 2.45) is 17.8 Å². The Morgan fingerprint density at radius 2 is 1.84 bits per heavy atom. The second-order valence-corrected chi connectivity index (χ2v) is 5.69. The lowest BCUT2D eigenvalue weighted by atomic mass is 9.94. The van der Waals surface area contributed by atoms with Crippen LogP contribution in [0.5, 0.6) is 0 Å². The number of ether oxygens (including phenoxy) is 1. The van der Waals surface area contributed by atoms with Crippen molar-refractivity contribution in [2.75, 3.05) is 13.2 Å². The average molecular weight is 269 g/mol. The van der Waals surface area contributed by atoms with E-state index in [9.17, 15) is 14.7 Å². The van der Waals surface area contributed by atoms with E-state index in [-0.39, 0.29) is 17.9 Å². The van der Waals surface area contributed by atoms with Crippen LogP contribution in [0.1, 0.15) is 39.0 Å². The first-order chi connectivity index (χ1) is 9.11. The predicted molar refractivity (Wildman–Crippen MR) is 69.6 cm³/mol. The van der Waals surface area contributed by atoms with Crippen LogP contribution in [0.2, 0.25) is 0 Å². The van der Waals surface area contributed by atoms with Crippen molar-refractivity contribution in [3.05, 3.63) is 0 Å². The monoisotopic (exact) mass is 269 g/mol. The standard InChI is InChI=1S/C14H23NO4/c1-2-9-7-11(12(8-9)14(17)18)13(16)15-10-3-5-19-6-4-10/h9-12H,2-8H2,1H3,(H,15,16)(H,17,18). The number of nitrogens with one attached hydrogen (secondary N) is 1. The molecule has 1 amide bonds. The molecule has 0 aromatic heterocycles. The number of aliphatic carboxylic acids is 1. The lowest BCUT2D eigenvalue weighted by molar-refractivity contribution is -0.146. The summed E-state index contributed by atoms with van der Waals surface area (Å²) in [6, 6.07) is 0.149. The molecule has 1 aliphatic carbocycles. The molecule has 0 spiro atoms. The third-order valence-electron chi connectivity index (χ3n) is 4.46. The Morgan fingerprint density at radius 1 is 1.21 bits per heavy atom. The minimum Gasteiger partial charge on any atom is -0.481 e. The molecule has 0 bridgehead atoms. The highest BCUT2D eigenvalue weighted by Gasteiger charge is 2.42. The van der Waals surface area contributed by atoms with Gasteiger partial charge in [-0.3, -0.25) is 9.59 Å². The molecule has 5 nitrogen and oxygen atoms in total. The molecule has 19 heavy (non-hydrogen) atoms. The van der Waals surface area contributed by atoms with E-state index in [1.807, 2.05) is 0 Å². The molecule has 2 rings (SSSR count). The molecule has 2 aliphatic rings. The SMILES string of the molecule is CCC1CC(C(=O)O)C(C(=O)NC2CCOCC2)C1. The van der Waals surface area contributed by atoms with Crippen LogP contribution < -0.4 is 5.32 Å². The lowest BCUT2D eigenvalue weighted by Crippen LogP contribution is -2.43. The normalized spacial score (nSPS) is 32.2. The summed E-state index contributed by atoms with van der Waals surface area (Å²) in [6.07, 6.45) is 3.95. The Balaban J connectivity index is 1.94. The van der Waals surface area contributed by atoms with Crippen molar-refractivity contribution in [3.63, 3.8) is 0 Å². The maximum atomic E-state index is 12.3. The average Bonchev–Trinajstić information content (AvgIpc) is 2.84. The zero-order valence-corrected chi connectivity index (χ0v) is 11.4. The van der Waals surface area contributed by atoms with Crippen LogP contribution in [0.3, 0.4) is 0 Å². The van der Waals surface area contributed by atoms with Crippen LogP contribution >= 0.6 is 0 Å². The van der Waals surface area contributed by atoms with E-state index in [0.29, 0.717) is 32.0 Å². The van der Waals surface area contributed by atoms with Gasteiger partial charge in [0.05, 0.1) is 11.8 Å². The zero-order valence-electron chi connectivity index (χ0n) is 11.4. The number of carbonyl (C=O) groups excluding carboxylic acids is 1. The van der Waals surface area contributed by atoms with Crippen LogP contribution in [-0.2, 0) is 14.3 Å². The molecule has 1 heterocycles. The van der Waals surface area contributed by atoms with Gasteiger partial charge in [0.1, 0.15) is 0 Å². The maximum absolute atomic E-state index is 12.3. The Morgan fingerprint density at radius 3 is 2.42 bits per heavy atom. The molecule has 108 valence electrons. The van der Waals surface area contributed by atoms with E-state index < -0.39 is 11.9 Å². The third-order valence-corrected chi connectivity index (χ3v) is 4.46. The first-order valence-electron chi connectivity index (χ1n) is 7.22. The Bertz CT molecular complexity index is 338. The summed E-state index contributed by atoms with van der Waals surface area (Å²) >= 11 is 0. The fraction of sp³-hybridized carbons (Fsp3) is 0.857. The Labute approximate surface area is 113 Å². The van der Waals surface area contributed by atoms with Gasteiger partial charge in [0.2, 0.25) is 5.91 Å². The van der Waals surface area contributed by atoms with Crippen molar-refractivity contribution < 1.29 is 19.4 Å². The fourth-order valence-corrected chi connectivity index (χ4v) is 3.19. The Hall–Kier alpha value is -1.10. The summed E-state index contributed by atoms with van der Waals surface area (Å²) < 4.78 is 5.26. The van der Waals surface area contributed by atoms with Gasteiger partial charge >= 0.3 is 5.97 Å². The molecule has 0 aromatic carbocycles. The summed E-state index contributed by atoms with van der Waals surface area (Å²) in [5.41, 5.74) is 0. The van der Waals surface area contributed by atoms with Crippen molar-refractivity contribution >= 4 is 11.9 Å². The number of carboxylic acids is 1. The third kappa shape index (κ3) is 3.47. The molecule has 1 saturated carbocycles. The highest BCUT2D eigenvalue weighted by atomic mass is 16.5. The van der Waals surface area contributed by atoms with Gasteiger partial charge in [-0.1, -0.05) is 13.3 Å². The van der Waals surface area contributed by atoms with Gasteiger partial charge in [-0.2, -0.15) is 0 Å². The van der Waals surface area contributed by atoms with Gasteiger partial charge in [-0.05, 0) is 31.6 Å². The highest BCUT2D eigenvalue weighted by Crippen LogP contribution is 2.38. The van der Waals surface area contributed by atoms with Crippen molar-refractivity contribution in [2.45, 2.75) is 45.1 Å². The second kappa shape index (κ2) is 6.37. The van der Waals surface area contributed by atoms with Crippen molar-refractivity contribution in [3.8, 4) is 0 Å². The number of hydrogen-bond donors (Lipinski definition) is 2. The predicted octanol–water partition coefficient (Wildman–Crippen LogP) is 1.42. The van der Waals surface area contributed by atoms with Crippen molar-refractivity contribution in [1.82, 2.24) is 5.32 Å². The number of rotatable bonds is 4. The second-order valence-electron chi connectivity index (χ2n) is 5.69. The molecule has 1 saturated heterocycles. The number of carboxylic acid groups (broad SMARTS) is 1. The molecule has 2 fully saturated rings. The van der Waals surface area contributed by atoms with E-state index in [0.717, 1.165) is 19.3 Å². The molecule has 0 aromatic rings. The van der Waals surface area contributed by atoms with Crippen LogP contribution in [0.25, 0.3) is 0 Å². The van der Waals surface area contributed by atoms with Gasteiger partial charge in [0.15, 0.2) is 0 Å². The minimum absolute atomic E-state index is 0.0738. The lowest BCUT2D eigenvalue weighted by Gasteiger charge is -2.25. The quantitative estimate of drug-likeness (QED) is 0.809. The molecule has 3 atom stereocenters. The van der Waals surface area contributed by atoms with E-state index in [1.165, 1.54) is 0 Å². The molecule has 0 radical (unpaired) electrons. The number of amides is 1. The summed E-state index contributed by atoms with van der Waals surface area (Å²) in [5, 5.41) is 12.3. The maximum Gasteiger partial charge on any atom is 0.307 e. The van der Waals surface area contributed by atoms with Crippen LogP contribution in [0, 0.1) is 17.8 Å². The van der Waals surface area contributed by atoms with E-state index in [4.69, 9.17) is 4.74 Å². The number of hydrogen-bond acceptors (Lipinski definition) is 3. The smallest absolute Gasteiger partial charge is 0.307 e. The zero-order chi connectivity index (χ0) is 13.8. The van der Waals surface area contributed by atoms with Crippen molar-refractivity contribution in [1.29, 1.82) is 0 Å². The first-order valence-corrected chi connectivity index (χ1v) is 7.22. The summed E-state index contributed by atoms with van der Waals surface area (Å²) in [6.45, 7) is 3.41. The van der Waals surface area contributed by atoms with Gasteiger partial charge in [-0.15, -0.1) is 0 Å². The number of carbonyl (C=O) groups is 2. The summed E-state index contributed by atoms with van der Waals surface area (Å²) in [4.78, 5) is 23.5.